The van der Waals surface area contributed by atoms with E-state index in [2.05, 4.69) is 10.1 Å². The Balaban J connectivity index is 1.82. The SMILES string of the molecule is CCOC1[C@H]2C[C@H]1CN(CC(N)=NO)C2. The van der Waals surface area contributed by atoms with Gasteiger partial charge in [0.1, 0.15) is 0 Å². The predicted octanol–water partition coefficient (Wildman–Crippen LogP) is 0.0896. The standard InChI is InChI=1S/C10H19N3O2/c1-2-15-10-7-3-8(10)5-13(4-7)6-9(11)12-14/h7-8,10,14H,2-6H2,1H3,(H2,11,12)/t7-,8-/m0/s1. The van der Waals surface area contributed by atoms with E-state index in [1.165, 1.54) is 6.42 Å². The van der Waals surface area contributed by atoms with Gasteiger partial charge in [0.2, 0.25) is 0 Å². The maximum atomic E-state index is 8.49. The van der Waals surface area contributed by atoms with Crippen molar-refractivity contribution < 1.29 is 9.94 Å². The molecule has 3 aliphatic rings. The molecule has 3 fully saturated rings. The summed E-state index contributed by atoms with van der Waals surface area (Å²) in [5, 5.41) is 11.5. The molecule has 0 aromatic rings. The van der Waals surface area contributed by atoms with Crippen LogP contribution in [-0.4, -0.2) is 48.3 Å². The highest BCUT2D eigenvalue weighted by molar-refractivity contribution is 5.81. The van der Waals surface area contributed by atoms with E-state index in [0.29, 0.717) is 30.3 Å². The first-order valence-electron chi connectivity index (χ1n) is 5.55. The van der Waals surface area contributed by atoms with Gasteiger partial charge in [-0.15, -0.1) is 0 Å². The van der Waals surface area contributed by atoms with E-state index >= 15 is 0 Å². The lowest BCUT2D eigenvalue weighted by molar-refractivity contribution is -0.137. The molecule has 0 radical (unpaired) electrons. The van der Waals surface area contributed by atoms with Gasteiger partial charge in [-0.05, 0) is 25.2 Å². The number of rotatable bonds is 4. The summed E-state index contributed by atoms with van der Waals surface area (Å²) in [6, 6.07) is 0. The van der Waals surface area contributed by atoms with E-state index in [4.69, 9.17) is 15.7 Å². The molecule has 1 saturated carbocycles. The molecule has 2 heterocycles. The first-order valence-corrected chi connectivity index (χ1v) is 5.55. The van der Waals surface area contributed by atoms with E-state index in [0.717, 1.165) is 19.7 Å². The van der Waals surface area contributed by atoms with Crippen LogP contribution in [0.25, 0.3) is 0 Å². The van der Waals surface area contributed by atoms with Crippen LogP contribution >= 0.6 is 0 Å². The zero-order valence-corrected chi connectivity index (χ0v) is 9.09. The van der Waals surface area contributed by atoms with Gasteiger partial charge in [0.05, 0.1) is 12.6 Å². The number of fused-ring (bicyclic) bond motifs is 2. The van der Waals surface area contributed by atoms with Crippen molar-refractivity contribution in [3.8, 4) is 0 Å². The Morgan fingerprint density at radius 1 is 1.53 bits per heavy atom. The molecule has 0 aromatic heterocycles. The highest BCUT2D eigenvalue weighted by atomic mass is 16.5. The van der Waals surface area contributed by atoms with Crippen LogP contribution in [0.5, 0.6) is 0 Å². The summed E-state index contributed by atoms with van der Waals surface area (Å²) in [5.74, 6) is 1.59. The van der Waals surface area contributed by atoms with Gasteiger partial charge < -0.3 is 15.7 Å². The number of ether oxygens (including phenoxy) is 1. The van der Waals surface area contributed by atoms with E-state index in [9.17, 15) is 0 Å². The molecule has 0 spiro atoms. The van der Waals surface area contributed by atoms with E-state index in [1.54, 1.807) is 0 Å². The van der Waals surface area contributed by atoms with E-state index in [-0.39, 0.29) is 0 Å². The molecular formula is C10H19N3O2. The van der Waals surface area contributed by atoms with E-state index < -0.39 is 0 Å². The number of oxime groups is 1. The number of nitrogens with zero attached hydrogens (tertiary/aromatic N) is 2. The van der Waals surface area contributed by atoms with Crippen molar-refractivity contribution in [3.63, 3.8) is 0 Å². The Kier molecular flexibility index (Phi) is 3.11. The summed E-state index contributed by atoms with van der Waals surface area (Å²) in [7, 11) is 0. The lowest BCUT2D eigenvalue weighted by Crippen LogP contribution is -2.60. The Morgan fingerprint density at radius 3 is 2.73 bits per heavy atom. The van der Waals surface area contributed by atoms with Crippen LogP contribution in [0.15, 0.2) is 5.16 Å². The van der Waals surface area contributed by atoms with Crippen LogP contribution < -0.4 is 5.73 Å². The normalized spacial score (nSPS) is 36.3. The Labute approximate surface area is 89.9 Å². The summed E-state index contributed by atoms with van der Waals surface area (Å²) in [5.41, 5.74) is 5.48. The van der Waals surface area contributed by atoms with Crippen molar-refractivity contribution in [2.45, 2.75) is 19.4 Å². The fourth-order valence-corrected chi connectivity index (χ4v) is 2.80. The maximum Gasteiger partial charge on any atom is 0.153 e. The molecule has 3 N–H and O–H groups in total. The van der Waals surface area contributed by atoms with Gasteiger partial charge in [-0.3, -0.25) is 4.90 Å². The molecule has 0 unspecified atom stereocenters. The predicted molar refractivity (Wildman–Crippen MR) is 56.9 cm³/mol. The van der Waals surface area contributed by atoms with Crippen molar-refractivity contribution in [1.29, 1.82) is 0 Å². The third kappa shape index (κ3) is 2.08. The number of piperidine rings is 2. The molecular weight excluding hydrogens is 194 g/mol. The monoisotopic (exact) mass is 213 g/mol. The molecule has 2 bridgehead atoms. The fourth-order valence-electron chi connectivity index (χ4n) is 2.80. The molecule has 0 aromatic carbocycles. The van der Waals surface area contributed by atoms with Crippen LogP contribution in [0.4, 0.5) is 0 Å². The van der Waals surface area contributed by atoms with Crippen molar-refractivity contribution in [3.05, 3.63) is 0 Å². The third-order valence-electron chi connectivity index (χ3n) is 3.39. The molecule has 5 heteroatoms. The molecule has 2 saturated heterocycles. The number of nitrogens with two attached hydrogens (primary N) is 1. The molecule has 3 rings (SSSR count). The summed E-state index contributed by atoms with van der Waals surface area (Å²) in [4.78, 5) is 2.24. The summed E-state index contributed by atoms with van der Waals surface area (Å²) in [6.45, 7) is 5.44. The average molecular weight is 213 g/mol. The smallest absolute Gasteiger partial charge is 0.153 e. The molecule has 15 heavy (non-hydrogen) atoms. The van der Waals surface area contributed by atoms with Gasteiger partial charge in [-0.1, -0.05) is 5.16 Å². The lowest BCUT2D eigenvalue weighted by Gasteiger charge is -2.53. The second-order valence-corrected chi connectivity index (χ2v) is 4.46. The fraction of sp³-hybridized carbons (Fsp3) is 0.900. The van der Waals surface area contributed by atoms with Crippen LogP contribution in [0, 0.1) is 11.8 Å². The largest absolute Gasteiger partial charge is 0.409 e. The highest BCUT2D eigenvalue weighted by Crippen LogP contribution is 2.41. The summed E-state index contributed by atoms with van der Waals surface area (Å²) < 4.78 is 5.69. The maximum absolute atomic E-state index is 8.49. The summed E-state index contributed by atoms with van der Waals surface area (Å²) >= 11 is 0. The summed E-state index contributed by atoms with van der Waals surface area (Å²) in [6.07, 6.45) is 1.73. The number of amidine groups is 1. The van der Waals surface area contributed by atoms with Gasteiger partial charge >= 0.3 is 0 Å². The highest BCUT2D eigenvalue weighted by Gasteiger charge is 2.47. The first kappa shape index (κ1) is 10.7. The molecule has 1 aliphatic carbocycles. The second-order valence-electron chi connectivity index (χ2n) is 4.46. The zero-order valence-electron chi connectivity index (χ0n) is 9.09. The topological polar surface area (TPSA) is 71.1 Å². The number of hydrogen-bond donors (Lipinski definition) is 2. The molecule has 0 amide bonds. The minimum Gasteiger partial charge on any atom is -0.409 e. The van der Waals surface area contributed by atoms with E-state index in [1.807, 2.05) is 6.92 Å². The van der Waals surface area contributed by atoms with Crippen molar-refractivity contribution in [2.75, 3.05) is 26.2 Å². The Hall–Kier alpha value is -0.810. The molecule has 5 nitrogen and oxygen atoms in total. The first-order chi connectivity index (χ1) is 7.24. The van der Waals surface area contributed by atoms with Gasteiger partial charge in [0, 0.05) is 19.7 Å². The quantitative estimate of drug-likeness (QED) is 0.300. The Bertz CT molecular complexity index is 245. The minimum atomic E-state index is 0.296. The molecule has 86 valence electrons. The van der Waals surface area contributed by atoms with Gasteiger partial charge in [-0.2, -0.15) is 0 Å². The Morgan fingerprint density at radius 2 is 2.20 bits per heavy atom. The van der Waals surface area contributed by atoms with Crippen molar-refractivity contribution >= 4 is 5.84 Å². The van der Waals surface area contributed by atoms with Crippen LogP contribution in [0.2, 0.25) is 0 Å². The third-order valence-corrected chi connectivity index (χ3v) is 3.39. The van der Waals surface area contributed by atoms with Crippen LogP contribution in [0.3, 0.4) is 0 Å². The average Bonchev–Trinajstić information content (AvgIpc) is 2.25. The van der Waals surface area contributed by atoms with Gasteiger partial charge in [-0.25, -0.2) is 0 Å². The van der Waals surface area contributed by atoms with Crippen LogP contribution in [0.1, 0.15) is 13.3 Å². The molecule has 2 atom stereocenters. The van der Waals surface area contributed by atoms with Crippen molar-refractivity contribution in [1.82, 2.24) is 4.90 Å². The van der Waals surface area contributed by atoms with Gasteiger partial charge in [0.25, 0.3) is 0 Å². The lowest BCUT2D eigenvalue weighted by atomic mass is 9.68. The number of hydrogen-bond acceptors (Lipinski definition) is 4. The van der Waals surface area contributed by atoms with Gasteiger partial charge in [0.15, 0.2) is 5.84 Å². The zero-order chi connectivity index (χ0) is 10.8. The van der Waals surface area contributed by atoms with Crippen molar-refractivity contribution in [2.24, 2.45) is 22.7 Å². The van der Waals surface area contributed by atoms with Crippen LogP contribution in [-0.2, 0) is 4.74 Å². The minimum absolute atomic E-state index is 0.296. The molecule has 2 aliphatic heterocycles. The second kappa shape index (κ2) is 4.37.